The van der Waals surface area contributed by atoms with E-state index >= 15 is 0 Å². The Morgan fingerprint density at radius 2 is 2.00 bits per heavy atom. The first kappa shape index (κ1) is 22.2. The van der Waals surface area contributed by atoms with Gasteiger partial charge in [-0.3, -0.25) is 14.3 Å². The molecule has 9 nitrogen and oxygen atoms in total. The Balaban J connectivity index is 1.78. The monoisotopic (exact) mass is 463 g/mol. The number of aliphatic hydroxyl groups is 1. The Kier molecular flexibility index (Phi) is 6.64. The molecule has 1 fully saturated rings. The Morgan fingerprint density at radius 1 is 1.34 bits per heavy atom. The molecule has 0 saturated carbocycles. The van der Waals surface area contributed by atoms with Gasteiger partial charge in [0.15, 0.2) is 5.75 Å². The molecule has 1 saturated heterocycles. The van der Waals surface area contributed by atoms with Crippen LogP contribution in [-0.4, -0.2) is 38.0 Å². The number of aromatic amines is 1. The van der Waals surface area contributed by atoms with Gasteiger partial charge in [0.1, 0.15) is 22.7 Å². The number of sulfonamides is 1. The fraction of sp³-hybridized carbons (Fsp3) is 0.412. The lowest BCUT2D eigenvalue weighted by Gasteiger charge is -2.22. The van der Waals surface area contributed by atoms with E-state index in [1.54, 1.807) is 0 Å². The summed E-state index contributed by atoms with van der Waals surface area (Å²) in [5.41, 5.74) is -0.492. The molecule has 0 aliphatic carbocycles. The van der Waals surface area contributed by atoms with Gasteiger partial charge in [-0.25, -0.2) is 4.79 Å². The average Bonchev–Trinajstić information content (AvgIpc) is 2.98. The molecule has 3 N–H and O–H groups in total. The second kappa shape index (κ2) is 8.68. The summed E-state index contributed by atoms with van der Waals surface area (Å²) in [6, 6.07) is 3.71. The Labute approximate surface area is 177 Å². The van der Waals surface area contributed by atoms with Crippen molar-refractivity contribution in [3.8, 4) is 0 Å². The number of aliphatic hydroxyl groups excluding tert-OH is 1. The van der Waals surface area contributed by atoms with Gasteiger partial charge in [0, 0.05) is 33.8 Å². The van der Waals surface area contributed by atoms with Crippen molar-refractivity contribution in [2.45, 2.75) is 37.5 Å². The number of nitrogens with one attached hydrogen (secondary N) is 2. The zero-order chi connectivity index (χ0) is 21.3. The number of ether oxygens (including phenoxy) is 1. The van der Waals surface area contributed by atoms with Gasteiger partial charge in [0.2, 0.25) is 0 Å². The van der Waals surface area contributed by atoms with Gasteiger partial charge in [-0.15, -0.1) is 4.72 Å². The van der Waals surface area contributed by atoms with Gasteiger partial charge in [0.05, 0.1) is 12.6 Å². The van der Waals surface area contributed by atoms with E-state index in [9.17, 15) is 23.5 Å². The number of nitrogens with zero attached hydrogens (tertiary/aromatic N) is 1. The lowest BCUT2D eigenvalue weighted by molar-refractivity contribution is -0.0280. The summed E-state index contributed by atoms with van der Waals surface area (Å²) >= 11 is 11.8. The third-order valence-electron chi connectivity index (χ3n) is 4.48. The van der Waals surface area contributed by atoms with Crippen molar-refractivity contribution in [2.24, 2.45) is 0 Å². The molecule has 4 atom stereocenters. The van der Waals surface area contributed by atoms with E-state index in [1.165, 1.54) is 35.9 Å². The summed E-state index contributed by atoms with van der Waals surface area (Å²) in [7, 11) is -3.83. The van der Waals surface area contributed by atoms with Gasteiger partial charge in [-0.05, 0) is 25.1 Å². The lowest BCUT2D eigenvalue weighted by atomic mass is 10.1. The fourth-order valence-electron chi connectivity index (χ4n) is 3.18. The number of rotatable bonds is 6. The van der Waals surface area contributed by atoms with Gasteiger partial charge in [-0.2, -0.15) is 0 Å². The highest BCUT2D eigenvalue weighted by molar-refractivity contribution is 7.95. The third-order valence-corrected chi connectivity index (χ3v) is 6.29. The maximum absolute atomic E-state index is 12.6. The molecule has 1 unspecified atom stereocenters. The predicted molar refractivity (Wildman–Crippen MR) is 108 cm³/mol. The van der Waals surface area contributed by atoms with E-state index in [0.29, 0.717) is 21.2 Å². The largest absolute Gasteiger partial charge is 0.597 e. The standard InChI is InChI=1S/C17H19Cl2N3O6S/c1-9-6-22(17(25)20-16(9)24)15-5-13(14(7-23)28-15)21-29(26,27)8-10-2-11(18)4-12(19)3-10/h2-4,6,13-15,23H,5,7-8H2,1H3,(H2-,20,21,24,25,26,27)/t13-,14+,15+/m0/s1. The molecule has 1 aliphatic rings. The molecule has 0 bridgehead atoms. The van der Waals surface area contributed by atoms with Crippen molar-refractivity contribution < 1.29 is 18.6 Å². The van der Waals surface area contributed by atoms with Crippen LogP contribution in [0.2, 0.25) is 10.0 Å². The number of hydrogen-bond donors (Lipinski definition) is 3. The van der Waals surface area contributed by atoms with Gasteiger partial charge >= 0.3 is 5.69 Å². The Hall–Kier alpha value is -1.53. The van der Waals surface area contributed by atoms with Crippen LogP contribution in [-0.2, 0) is 25.1 Å². The Morgan fingerprint density at radius 3 is 2.62 bits per heavy atom. The molecule has 158 valence electrons. The van der Waals surface area contributed by atoms with Crippen molar-refractivity contribution in [3.63, 3.8) is 0 Å². The van der Waals surface area contributed by atoms with Crippen molar-refractivity contribution in [1.29, 1.82) is 0 Å². The number of aromatic nitrogens is 2. The molecule has 2 heterocycles. The topological polar surface area (TPSA) is 136 Å². The van der Waals surface area contributed by atoms with E-state index in [4.69, 9.17) is 27.9 Å². The molecule has 0 amide bonds. The summed E-state index contributed by atoms with van der Waals surface area (Å²) in [5.74, 6) is -0.371. The van der Waals surface area contributed by atoms with E-state index in [0.717, 1.165) is 0 Å². The van der Waals surface area contributed by atoms with Crippen LogP contribution in [0.25, 0.3) is 0 Å². The van der Waals surface area contributed by atoms with Crippen LogP contribution in [0.3, 0.4) is 0 Å². The quantitative estimate of drug-likeness (QED) is 0.549. The molecule has 0 radical (unpaired) electrons. The highest BCUT2D eigenvalue weighted by Gasteiger charge is 2.40. The summed E-state index contributed by atoms with van der Waals surface area (Å²) in [5, 5.41) is 10.2. The molecule has 1 aliphatic heterocycles. The normalized spacial score (nSPS) is 23.8. The van der Waals surface area contributed by atoms with Crippen LogP contribution in [0.5, 0.6) is 0 Å². The fourth-order valence-corrected chi connectivity index (χ4v) is 5.15. The SMILES string of the molecule is Cc1cn([C@H]2C[C@H](N[S+](=O)([O-])Cc3cc(Cl)cc(Cl)c3)[C@@H](CO)O2)c(=O)[nH]c1=O. The van der Waals surface area contributed by atoms with Crippen molar-refractivity contribution >= 4 is 33.6 Å². The minimum Gasteiger partial charge on any atom is -0.597 e. The summed E-state index contributed by atoms with van der Waals surface area (Å²) in [6.45, 7) is 1.08. The van der Waals surface area contributed by atoms with Crippen molar-refractivity contribution in [1.82, 2.24) is 14.3 Å². The Bertz CT molecular complexity index is 1050. The molecular weight excluding hydrogens is 445 g/mol. The van der Waals surface area contributed by atoms with E-state index in [-0.39, 0.29) is 12.2 Å². The molecule has 0 spiro atoms. The molecular formula is C17H19Cl2N3O6S. The molecule has 3 rings (SSSR count). The summed E-state index contributed by atoms with van der Waals surface area (Å²) < 4.78 is 34.5. The van der Waals surface area contributed by atoms with E-state index in [1.807, 2.05) is 0 Å². The van der Waals surface area contributed by atoms with E-state index < -0.39 is 46.6 Å². The van der Waals surface area contributed by atoms with Crippen LogP contribution in [0.15, 0.2) is 34.0 Å². The van der Waals surface area contributed by atoms with Gasteiger partial charge in [-0.1, -0.05) is 27.4 Å². The van der Waals surface area contributed by atoms with Crippen LogP contribution in [0, 0.1) is 6.92 Å². The first-order chi connectivity index (χ1) is 13.6. The molecule has 29 heavy (non-hydrogen) atoms. The lowest BCUT2D eigenvalue weighted by Crippen LogP contribution is -2.45. The minimum atomic E-state index is -3.83. The van der Waals surface area contributed by atoms with Crippen LogP contribution >= 0.6 is 23.2 Å². The average molecular weight is 464 g/mol. The van der Waals surface area contributed by atoms with Gasteiger partial charge < -0.3 is 14.4 Å². The van der Waals surface area contributed by atoms with E-state index in [2.05, 4.69) is 9.71 Å². The van der Waals surface area contributed by atoms with Crippen LogP contribution in [0.1, 0.15) is 23.8 Å². The minimum absolute atomic E-state index is 0.0894. The molecule has 12 heteroatoms. The number of hydrogen-bond acceptors (Lipinski definition) is 6. The number of aryl methyl sites for hydroxylation is 1. The second-order valence-electron chi connectivity index (χ2n) is 6.79. The maximum Gasteiger partial charge on any atom is 0.330 e. The maximum atomic E-state index is 12.6. The number of H-pyrrole nitrogens is 1. The van der Waals surface area contributed by atoms with Crippen molar-refractivity contribution in [2.75, 3.05) is 6.61 Å². The predicted octanol–water partition coefficient (Wildman–Crippen LogP) is 1.13. The first-order valence-electron chi connectivity index (χ1n) is 8.61. The molecule has 1 aromatic carbocycles. The summed E-state index contributed by atoms with van der Waals surface area (Å²) in [6.07, 6.45) is -0.280. The highest BCUT2D eigenvalue weighted by Crippen LogP contribution is 2.29. The molecule has 1 aromatic heterocycles. The first-order valence-corrected chi connectivity index (χ1v) is 11.0. The van der Waals surface area contributed by atoms with Crippen LogP contribution < -0.4 is 16.0 Å². The highest BCUT2D eigenvalue weighted by atomic mass is 35.5. The smallest absolute Gasteiger partial charge is 0.330 e. The second-order valence-corrected chi connectivity index (χ2v) is 9.41. The third kappa shape index (κ3) is 5.34. The zero-order valence-electron chi connectivity index (χ0n) is 15.3. The van der Waals surface area contributed by atoms with Gasteiger partial charge in [0.25, 0.3) is 5.56 Å². The van der Waals surface area contributed by atoms with Crippen LogP contribution in [0.4, 0.5) is 0 Å². The van der Waals surface area contributed by atoms with Crippen molar-refractivity contribution in [3.05, 3.63) is 66.4 Å². The molecule has 2 aromatic rings. The summed E-state index contributed by atoms with van der Waals surface area (Å²) in [4.78, 5) is 25.8. The number of benzene rings is 1. The number of halogens is 2. The zero-order valence-corrected chi connectivity index (χ0v) is 17.6.